The van der Waals surface area contributed by atoms with E-state index in [2.05, 4.69) is 199 Å². The van der Waals surface area contributed by atoms with Gasteiger partial charge in [0.25, 0.3) is 0 Å². The molecule has 0 amide bonds. The summed E-state index contributed by atoms with van der Waals surface area (Å²) in [6.45, 7) is 0. The van der Waals surface area contributed by atoms with Crippen molar-refractivity contribution >= 4 is 21.8 Å². The van der Waals surface area contributed by atoms with Gasteiger partial charge in [-0.1, -0.05) is 176 Å². The van der Waals surface area contributed by atoms with Gasteiger partial charge in [0, 0.05) is 33.2 Å². The van der Waals surface area contributed by atoms with Gasteiger partial charge < -0.3 is 4.57 Å². The number of nitrogens with zero attached hydrogens (tertiary/aromatic N) is 3. The van der Waals surface area contributed by atoms with Gasteiger partial charge in [-0.3, -0.25) is 0 Å². The monoisotopic (exact) mass is 713 g/mol. The van der Waals surface area contributed by atoms with Crippen LogP contribution in [0.1, 0.15) is 22.3 Å². The minimum atomic E-state index is -0.495. The van der Waals surface area contributed by atoms with Crippen LogP contribution in [0, 0.1) is 0 Å². The predicted molar refractivity (Wildman–Crippen MR) is 230 cm³/mol. The highest BCUT2D eigenvalue weighted by molar-refractivity contribution is 6.09. The van der Waals surface area contributed by atoms with Crippen molar-refractivity contribution in [1.82, 2.24) is 14.5 Å². The number of para-hydroxylation sites is 2. The molecule has 1 aliphatic carbocycles. The lowest BCUT2D eigenvalue weighted by atomic mass is 9.67. The molecule has 0 spiro atoms. The SMILES string of the molecule is c1ccc(-c2nc(-c3ccc(-n4c5ccccc5c5ccccc54)cc3)cc(-c3ccc4c(c3)C(c3ccccc3)(c3ccccc3)c3ccccc3-4)n2)cc1. The molecule has 0 unspecified atom stereocenters. The van der Waals surface area contributed by atoms with Crippen molar-refractivity contribution in [3.05, 3.63) is 235 Å². The smallest absolute Gasteiger partial charge is 0.160 e. The van der Waals surface area contributed by atoms with Crippen LogP contribution in [0.5, 0.6) is 0 Å². The van der Waals surface area contributed by atoms with Crippen LogP contribution in [-0.4, -0.2) is 14.5 Å². The van der Waals surface area contributed by atoms with E-state index >= 15 is 0 Å². The summed E-state index contributed by atoms with van der Waals surface area (Å²) in [5.74, 6) is 0.700. The van der Waals surface area contributed by atoms with Crippen molar-refractivity contribution in [2.24, 2.45) is 0 Å². The minimum Gasteiger partial charge on any atom is -0.309 e. The van der Waals surface area contributed by atoms with Gasteiger partial charge in [-0.15, -0.1) is 0 Å². The molecule has 3 nitrogen and oxygen atoms in total. The third kappa shape index (κ3) is 4.91. The Morgan fingerprint density at radius 1 is 0.357 bits per heavy atom. The fourth-order valence-electron chi connectivity index (χ4n) is 9.05. The van der Waals surface area contributed by atoms with Crippen molar-refractivity contribution in [1.29, 1.82) is 0 Å². The summed E-state index contributed by atoms with van der Waals surface area (Å²) in [6, 6.07) is 76.2. The first-order chi connectivity index (χ1) is 27.8. The maximum atomic E-state index is 5.28. The Kier molecular flexibility index (Phi) is 7.39. The second-order valence-electron chi connectivity index (χ2n) is 14.5. The van der Waals surface area contributed by atoms with E-state index in [0.717, 1.165) is 33.8 Å². The summed E-state index contributed by atoms with van der Waals surface area (Å²) in [6.07, 6.45) is 0. The van der Waals surface area contributed by atoms with Crippen molar-refractivity contribution < 1.29 is 0 Å². The molecular formula is C53H35N3. The van der Waals surface area contributed by atoms with Crippen LogP contribution in [-0.2, 0) is 5.41 Å². The second kappa shape index (κ2) is 12.9. The lowest BCUT2D eigenvalue weighted by Crippen LogP contribution is -2.28. The van der Waals surface area contributed by atoms with Crippen molar-refractivity contribution in [3.8, 4) is 50.7 Å². The van der Waals surface area contributed by atoms with E-state index in [1.807, 2.05) is 18.2 Å². The number of rotatable bonds is 6. The quantitative estimate of drug-likeness (QED) is 0.172. The molecule has 56 heavy (non-hydrogen) atoms. The zero-order valence-corrected chi connectivity index (χ0v) is 30.5. The number of hydrogen-bond acceptors (Lipinski definition) is 2. The highest BCUT2D eigenvalue weighted by Gasteiger charge is 2.46. The lowest BCUT2D eigenvalue weighted by molar-refractivity contribution is 0.768. The Bertz CT molecular complexity index is 2960. The summed E-state index contributed by atoms with van der Waals surface area (Å²) >= 11 is 0. The van der Waals surface area contributed by atoms with Gasteiger partial charge in [0.1, 0.15) is 0 Å². The average Bonchev–Trinajstić information content (AvgIpc) is 3.78. The molecule has 262 valence electrons. The van der Waals surface area contributed by atoms with E-state index in [4.69, 9.17) is 9.97 Å². The molecule has 1 aliphatic rings. The summed E-state index contributed by atoms with van der Waals surface area (Å²) in [4.78, 5) is 10.5. The molecule has 2 heterocycles. The summed E-state index contributed by atoms with van der Waals surface area (Å²) in [7, 11) is 0. The molecule has 0 saturated heterocycles. The van der Waals surface area contributed by atoms with Gasteiger partial charge in [-0.2, -0.15) is 0 Å². The summed E-state index contributed by atoms with van der Waals surface area (Å²) in [5.41, 5.74) is 15.4. The third-order valence-electron chi connectivity index (χ3n) is 11.5. The van der Waals surface area contributed by atoms with Crippen LogP contribution in [0.3, 0.4) is 0 Å². The molecule has 8 aromatic carbocycles. The molecule has 0 bridgehead atoms. The maximum Gasteiger partial charge on any atom is 0.160 e. The number of aromatic nitrogens is 3. The van der Waals surface area contributed by atoms with Crippen molar-refractivity contribution in [2.45, 2.75) is 5.41 Å². The molecule has 0 fully saturated rings. The largest absolute Gasteiger partial charge is 0.309 e. The molecular weight excluding hydrogens is 679 g/mol. The predicted octanol–water partition coefficient (Wildman–Crippen LogP) is 12.9. The van der Waals surface area contributed by atoms with Crippen LogP contribution in [0.2, 0.25) is 0 Å². The first-order valence-corrected chi connectivity index (χ1v) is 19.2. The van der Waals surface area contributed by atoms with Crippen LogP contribution in [0.15, 0.2) is 212 Å². The minimum absolute atomic E-state index is 0.495. The lowest BCUT2D eigenvalue weighted by Gasteiger charge is -2.34. The van der Waals surface area contributed by atoms with Crippen LogP contribution >= 0.6 is 0 Å². The van der Waals surface area contributed by atoms with Crippen LogP contribution in [0.4, 0.5) is 0 Å². The van der Waals surface area contributed by atoms with Crippen LogP contribution < -0.4 is 0 Å². The van der Waals surface area contributed by atoms with Gasteiger partial charge in [-0.05, 0) is 69.8 Å². The van der Waals surface area contributed by atoms with E-state index in [1.165, 1.54) is 55.2 Å². The first-order valence-electron chi connectivity index (χ1n) is 19.2. The fourth-order valence-corrected chi connectivity index (χ4v) is 9.05. The Morgan fingerprint density at radius 2 is 0.857 bits per heavy atom. The first kappa shape index (κ1) is 32.1. The maximum absolute atomic E-state index is 5.28. The number of benzene rings is 8. The average molecular weight is 714 g/mol. The molecule has 0 radical (unpaired) electrons. The van der Waals surface area contributed by atoms with E-state index in [1.54, 1.807) is 0 Å². The summed E-state index contributed by atoms with van der Waals surface area (Å²) in [5, 5.41) is 2.50. The van der Waals surface area contributed by atoms with E-state index < -0.39 is 5.41 Å². The molecule has 0 N–H and O–H groups in total. The molecule has 3 heteroatoms. The van der Waals surface area contributed by atoms with Crippen LogP contribution in [0.25, 0.3) is 72.5 Å². The van der Waals surface area contributed by atoms with E-state index in [9.17, 15) is 0 Å². The highest BCUT2D eigenvalue weighted by atomic mass is 15.0. The van der Waals surface area contributed by atoms with Crippen molar-refractivity contribution in [2.75, 3.05) is 0 Å². The van der Waals surface area contributed by atoms with E-state index in [-0.39, 0.29) is 0 Å². The topological polar surface area (TPSA) is 30.7 Å². The standard InChI is InChI=1S/C53H35N3/c1-4-16-37(17-5-1)52-54-48(36-28-31-41(32-29-36)56-50-26-14-11-23-44(50)45-24-12-15-27-51(45)56)35-49(55-52)38-30-33-43-42-22-10-13-25-46(42)53(47(43)34-38,39-18-6-2-7-19-39)40-20-8-3-9-21-40/h1-35H. The zero-order chi connectivity index (χ0) is 37.1. The Balaban J connectivity index is 1.09. The number of hydrogen-bond donors (Lipinski definition) is 0. The molecule has 0 atom stereocenters. The van der Waals surface area contributed by atoms with Crippen molar-refractivity contribution in [3.63, 3.8) is 0 Å². The summed E-state index contributed by atoms with van der Waals surface area (Å²) < 4.78 is 2.35. The Morgan fingerprint density at radius 3 is 1.50 bits per heavy atom. The van der Waals surface area contributed by atoms with Gasteiger partial charge in [0.15, 0.2) is 5.82 Å². The highest BCUT2D eigenvalue weighted by Crippen LogP contribution is 2.56. The Labute approximate surface area is 325 Å². The molecule has 0 saturated carbocycles. The zero-order valence-electron chi connectivity index (χ0n) is 30.5. The van der Waals surface area contributed by atoms with Gasteiger partial charge in [0.05, 0.1) is 27.8 Å². The van der Waals surface area contributed by atoms with E-state index in [0.29, 0.717) is 5.82 Å². The third-order valence-corrected chi connectivity index (χ3v) is 11.5. The molecule has 11 rings (SSSR count). The molecule has 0 aliphatic heterocycles. The van der Waals surface area contributed by atoms with Gasteiger partial charge in [0.2, 0.25) is 0 Å². The second-order valence-corrected chi connectivity index (χ2v) is 14.5. The fraction of sp³-hybridized carbons (Fsp3) is 0.0189. The Hall–Kier alpha value is -7.36. The molecule has 10 aromatic rings. The molecule has 2 aromatic heterocycles. The van der Waals surface area contributed by atoms with Gasteiger partial charge in [-0.25, -0.2) is 9.97 Å². The normalized spacial score (nSPS) is 12.8. The number of fused-ring (bicyclic) bond motifs is 6. The van der Waals surface area contributed by atoms with Gasteiger partial charge >= 0.3 is 0 Å².